The van der Waals surface area contributed by atoms with Gasteiger partial charge in [0.05, 0.1) is 4.92 Å². The first kappa shape index (κ1) is 20.8. The Bertz CT molecular complexity index is 1310. The number of carbonyl (C=O) groups excluding carboxylic acids is 1. The summed E-state index contributed by atoms with van der Waals surface area (Å²) in [4.78, 5) is 30.9. The van der Waals surface area contributed by atoms with Gasteiger partial charge in [0.15, 0.2) is 16.3 Å². The molecular weight excluding hydrogens is 430 g/mol. The van der Waals surface area contributed by atoms with Crippen LogP contribution in [0.1, 0.15) is 5.56 Å². The Labute approximate surface area is 187 Å². The van der Waals surface area contributed by atoms with E-state index in [-0.39, 0.29) is 10.8 Å². The SMILES string of the molecule is O=C(/C=C/c1cccc([N+](=O)[O-])c1)NC(=S)Nc1ccc(-c2nc3ncccc3o2)cc1. The fourth-order valence-electron chi connectivity index (χ4n) is 2.82. The lowest BCUT2D eigenvalue weighted by molar-refractivity contribution is -0.384. The molecule has 0 saturated carbocycles. The van der Waals surface area contributed by atoms with Crippen LogP contribution in [0.3, 0.4) is 0 Å². The Balaban J connectivity index is 1.35. The van der Waals surface area contributed by atoms with Gasteiger partial charge in [0, 0.05) is 35.7 Å². The van der Waals surface area contributed by atoms with E-state index in [0.29, 0.717) is 28.4 Å². The highest BCUT2D eigenvalue weighted by atomic mass is 32.1. The molecular formula is C22H15N5O4S. The van der Waals surface area contributed by atoms with Crippen molar-refractivity contribution in [3.05, 3.63) is 88.6 Å². The standard InChI is InChI=1S/C22H15N5O4S/c28-19(11-6-14-3-1-4-17(13-14)27(29)30)25-22(32)24-16-9-7-15(8-10-16)21-26-20-18(31-21)5-2-12-23-20/h1-13H,(H2,24,25,28,32)/b11-6+. The predicted molar refractivity (Wildman–Crippen MR) is 124 cm³/mol. The van der Waals surface area contributed by atoms with Crippen LogP contribution in [0.2, 0.25) is 0 Å². The number of hydrogen-bond donors (Lipinski definition) is 2. The van der Waals surface area contributed by atoms with Crippen LogP contribution in [0.4, 0.5) is 11.4 Å². The molecule has 2 N–H and O–H groups in total. The smallest absolute Gasteiger partial charge is 0.270 e. The first-order valence-corrected chi connectivity index (χ1v) is 9.75. The van der Waals surface area contributed by atoms with Crippen LogP contribution in [0.25, 0.3) is 28.8 Å². The summed E-state index contributed by atoms with van der Waals surface area (Å²) in [5.41, 5.74) is 3.04. The number of carbonyl (C=O) groups is 1. The van der Waals surface area contributed by atoms with E-state index in [0.717, 1.165) is 5.56 Å². The van der Waals surface area contributed by atoms with Crippen LogP contribution in [-0.2, 0) is 4.79 Å². The largest absolute Gasteiger partial charge is 0.434 e. The molecule has 0 fully saturated rings. The average Bonchev–Trinajstić information content (AvgIpc) is 3.22. The van der Waals surface area contributed by atoms with Gasteiger partial charge in [0.2, 0.25) is 11.8 Å². The zero-order valence-corrected chi connectivity index (χ0v) is 17.2. The second-order valence-electron chi connectivity index (χ2n) is 6.55. The molecule has 0 aliphatic carbocycles. The summed E-state index contributed by atoms with van der Waals surface area (Å²) >= 11 is 5.16. The van der Waals surface area contributed by atoms with Crippen molar-refractivity contribution < 1.29 is 14.1 Å². The summed E-state index contributed by atoms with van der Waals surface area (Å²) < 4.78 is 5.69. The zero-order chi connectivity index (χ0) is 22.5. The van der Waals surface area contributed by atoms with Crippen molar-refractivity contribution in [2.24, 2.45) is 0 Å². The van der Waals surface area contributed by atoms with E-state index >= 15 is 0 Å². The van der Waals surface area contributed by atoms with E-state index in [1.165, 1.54) is 24.3 Å². The number of aromatic nitrogens is 2. The van der Waals surface area contributed by atoms with Gasteiger partial charge in [0.25, 0.3) is 5.69 Å². The fraction of sp³-hybridized carbons (Fsp3) is 0. The van der Waals surface area contributed by atoms with E-state index in [2.05, 4.69) is 20.6 Å². The highest BCUT2D eigenvalue weighted by Crippen LogP contribution is 2.24. The molecule has 0 spiro atoms. The third kappa shape index (κ3) is 4.99. The lowest BCUT2D eigenvalue weighted by atomic mass is 10.2. The topological polar surface area (TPSA) is 123 Å². The second-order valence-corrected chi connectivity index (χ2v) is 6.96. The molecule has 0 unspecified atom stereocenters. The van der Waals surface area contributed by atoms with Gasteiger partial charge in [0.1, 0.15) is 0 Å². The van der Waals surface area contributed by atoms with Crippen molar-refractivity contribution in [3.63, 3.8) is 0 Å². The van der Waals surface area contributed by atoms with E-state index in [4.69, 9.17) is 16.6 Å². The number of nitrogens with one attached hydrogen (secondary N) is 2. The summed E-state index contributed by atoms with van der Waals surface area (Å²) in [5, 5.41) is 16.4. The summed E-state index contributed by atoms with van der Waals surface area (Å²) in [6.45, 7) is 0. The van der Waals surface area contributed by atoms with Crippen LogP contribution in [0.5, 0.6) is 0 Å². The Kier molecular flexibility index (Phi) is 5.95. The highest BCUT2D eigenvalue weighted by Gasteiger charge is 2.09. The molecule has 0 atom stereocenters. The molecule has 32 heavy (non-hydrogen) atoms. The number of amides is 1. The van der Waals surface area contributed by atoms with Crippen LogP contribution >= 0.6 is 12.2 Å². The number of thiocarbonyl (C=S) groups is 1. The number of rotatable bonds is 5. The van der Waals surface area contributed by atoms with Gasteiger partial charge >= 0.3 is 0 Å². The molecule has 1 amide bonds. The van der Waals surface area contributed by atoms with E-state index < -0.39 is 10.8 Å². The number of nitrogens with zero attached hydrogens (tertiary/aromatic N) is 3. The molecule has 0 radical (unpaired) electrons. The van der Waals surface area contributed by atoms with Crippen molar-refractivity contribution in [1.29, 1.82) is 0 Å². The van der Waals surface area contributed by atoms with Crippen molar-refractivity contribution in [2.45, 2.75) is 0 Å². The van der Waals surface area contributed by atoms with Crippen molar-refractivity contribution in [2.75, 3.05) is 5.32 Å². The molecule has 0 saturated heterocycles. The summed E-state index contributed by atoms with van der Waals surface area (Å²) in [7, 11) is 0. The number of non-ortho nitro benzene ring substituents is 1. The maximum Gasteiger partial charge on any atom is 0.270 e. The number of oxazole rings is 1. The van der Waals surface area contributed by atoms with Gasteiger partial charge < -0.3 is 9.73 Å². The maximum atomic E-state index is 12.1. The van der Waals surface area contributed by atoms with Crippen molar-refractivity contribution >= 4 is 51.9 Å². The highest BCUT2D eigenvalue weighted by molar-refractivity contribution is 7.80. The third-order valence-electron chi connectivity index (χ3n) is 4.30. The number of benzene rings is 2. The average molecular weight is 445 g/mol. The van der Waals surface area contributed by atoms with Gasteiger partial charge in [-0.2, -0.15) is 4.98 Å². The van der Waals surface area contributed by atoms with Gasteiger partial charge in [-0.3, -0.25) is 20.2 Å². The lowest BCUT2D eigenvalue weighted by Gasteiger charge is -2.08. The molecule has 9 nitrogen and oxygen atoms in total. The van der Waals surface area contributed by atoms with Crippen LogP contribution in [-0.4, -0.2) is 25.9 Å². The monoisotopic (exact) mass is 445 g/mol. The van der Waals surface area contributed by atoms with Gasteiger partial charge in [-0.15, -0.1) is 0 Å². The first-order chi connectivity index (χ1) is 15.5. The number of anilines is 1. The minimum absolute atomic E-state index is 0.0534. The quantitative estimate of drug-likeness (QED) is 0.201. The molecule has 2 aromatic heterocycles. The number of hydrogen-bond acceptors (Lipinski definition) is 7. The van der Waals surface area contributed by atoms with Gasteiger partial charge in [-0.25, -0.2) is 4.98 Å². The van der Waals surface area contributed by atoms with Crippen LogP contribution < -0.4 is 10.6 Å². The number of pyridine rings is 1. The van der Waals surface area contributed by atoms with E-state index in [9.17, 15) is 14.9 Å². The Morgan fingerprint density at radius 2 is 1.94 bits per heavy atom. The Hall–Kier alpha value is -4.44. The minimum Gasteiger partial charge on any atom is -0.434 e. The molecule has 10 heteroatoms. The van der Waals surface area contributed by atoms with E-state index in [1.807, 2.05) is 0 Å². The Morgan fingerprint density at radius 1 is 1.12 bits per heavy atom. The maximum absolute atomic E-state index is 12.1. The summed E-state index contributed by atoms with van der Waals surface area (Å²) in [6.07, 6.45) is 4.36. The zero-order valence-electron chi connectivity index (χ0n) is 16.4. The number of fused-ring (bicyclic) bond motifs is 1. The fourth-order valence-corrected chi connectivity index (χ4v) is 3.04. The first-order valence-electron chi connectivity index (χ1n) is 9.34. The van der Waals surface area contributed by atoms with Crippen molar-refractivity contribution in [3.8, 4) is 11.5 Å². The second kappa shape index (κ2) is 9.14. The molecule has 0 aliphatic heterocycles. The Morgan fingerprint density at radius 3 is 2.69 bits per heavy atom. The van der Waals surface area contributed by atoms with Gasteiger partial charge in [-0.1, -0.05) is 12.1 Å². The predicted octanol–water partition coefficient (Wildman–Crippen LogP) is 4.32. The molecule has 4 rings (SSSR count). The molecule has 0 bridgehead atoms. The van der Waals surface area contributed by atoms with Crippen LogP contribution in [0, 0.1) is 10.1 Å². The van der Waals surface area contributed by atoms with Crippen LogP contribution in [0.15, 0.2) is 77.4 Å². The van der Waals surface area contributed by atoms with E-state index in [1.54, 1.807) is 54.7 Å². The molecule has 0 aliphatic rings. The molecule has 2 heterocycles. The number of nitro benzene ring substituents is 1. The normalized spacial score (nSPS) is 10.9. The minimum atomic E-state index is -0.497. The number of nitro groups is 1. The van der Waals surface area contributed by atoms with Gasteiger partial charge in [-0.05, 0) is 60.3 Å². The molecule has 2 aromatic carbocycles. The molecule has 158 valence electrons. The van der Waals surface area contributed by atoms with Crippen molar-refractivity contribution in [1.82, 2.24) is 15.3 Å². The summed E-state index contributed by atoms with van der Waals surface area (Å²) in [6, 6.07) is 16.7. The lowest BCUT2D eigenvalue weighted by Crippen LogP contribution is -2.32. The summed E-state index contributed by atoms with van der Waals surface area (Å²) in [5.74, 6) is -0.0167. The molecule has 4 aromatic rings. The third-order valence-corrected chi connectivity index (χ3v) is 4.50.